The Hall–Kier alpha value is -1.79. The fraction of sp³-hybridized carbons (Fsp3) is 0.769. The molecule has 0 spiro atoms. The first-order valence-electron chi connectivity index (χ1n) is 7.06. The number of nitrogens with one attached hydrogen (secondary N) is 1. The standard InChI is InChI=1S/C13H23N3O4/c1-3-14-11(17)9-15(4-2)13(20)16-8-6-5-7-10(16)12(18)19/h10H,3-9H2,1-2H3,(H,14,17)(H,18,19). The maximum Gasteiger partial charge on any atom is 0.326 e. The smallest absolute Gasteiger partial charge is 0.326 e. The van der Waals surface area contributed by atoms with Crippen LogP contribution in [0.2, 0.25) is 0 Å². The molecule has 0 saturated carbocycles. The van der Waals surface area contributed by atoms with Crippen molar-refractivity contribution in [3.63, 3.8) is 0 Å². The van der Waals surface area contributed by atoms with Gasteiger partial charge in [0.25, 0.3) is 0 Å². The molecular formula is C13H23N3O4. The van der Waals surface area contributed by atoms with Crippen molar-refractivity contribution in [2.75, 3.05) is 26.2 Å². The lowest BCUT2D eigenvalue weighted by Gasteiger charge is -2.36. The van der Waals surface area contributed by atoms with E-state index in [2.05, 4.69) is 5.32 Å². The molecule has 1 atom stereocenters. The molecule has 2 N–H and O–H groups in total. The van der Waals surface area contributed by atoms with Gasteiger partial charge in [0.05, 0.1) is 0 Å². The number of amides is 3. The lowest BCUT2D eigenvalue weighted by Crippen LogP contribution is -2.54. The average Bonchev–Trinajstić information content (AvgIpc) is 2.44. The van der Waals surface area contributed by atoms with Gasteiger partial charge in [0.15, 0.2) is 0 Å². The van der Waals surface area contributed by atoms with E-state index >= 15 is 0 Å². The molecular weight excluding hydrogens is 262 g/mol. The average molecular weight is 285 g/mol. The summed E-state index contributed by atoms with van der Waals surface area (Å²) in [6, 6.07) is -1.15. The molecule has 7 heteroatoms. The molecule has 0 aromatic carbocycles. The number of nitrogens with zero attached hydrogens (tertiary/aromatic N) is 2. The van der Waals surface area contributed by atoms with Gasteiger partial charge < -0.3 is 20.2 Å². The van der Waals surface area contributed by atoms with E-state index in [0.717, 1.165) is 12.8 Å². The zero-order valence-corrected chi connectivity index (χ0v) is 12.1. The van der Waals surface area contributed by atoms with Crippen LogP contribution in [-0.4, -0.2) is 65.0 Å². The first kappa shape index (κ1) is 16.3. The van der Waals surface area contributed by atoms with E-state index in [-0.39, 0.29) is 18.5 Å². The Balaban J connectivity index is 2.72. The summed E-state index contributed by atoms with van der Waals surface area (Å²) in [5.74, 6) is -1.21. The Morgan fingerprint density at radius 2 is 2.00 bits per heavy atom. The van der Waals surface area contributed by atoms with Crippen LogP contribution >= 0.6 is 0 Å². The van der Waals surface area contributed by atoms with Gasteiger partial charge in [-0.3, -0.25) is 4.79 Å². The molecule has 1 heterocycles. The number of carbonyl (C=O) groups excluding carboxylic acids is 2. The van der Waals surface area contributed by atoms with Crippen molar-refractivity contribution in [3.05, 3.63) is 0 Å². The van der Waals surface area contributed by atoms with Crippen LogP contribution in [0.3, 0.4) is 0 Å². The van der Waals surface area contributed by atoms with Crippen molar-refractivity contribution in [2.45, 2.75) is 39.2 Å². The summed E-state index contributed by atoms with van der Waals surface area (Å²) in [4.78, 5) is 37.9. The molecule has 0 aromatic rings. The largest absolute Gasteiger partial charge is 0.480 e. The van der Waals surface area contributed by atoms with Gasteiger partial charge in [-0.15, -0.1) is 0 Å². The molecule has 0 aliphatic carbocycles. The number of carboxylic acids is 1. The molecule has 1 aliphatic rings. The van der Waals surface area contributed by atoms with Gasteiger partial charge in [0.2, 0.25) is 5.91 Å². The molecule has 0 aromatic heterocycles. The van der Waals surface area contributed by atoms with Crippen LogP contribution in [0.1, 0.15) is 33.1 Å². The molecule has 1 unspecified atom stereocenters. The summed E-state index contributed by atoms with van der Waals surface area (Å²) >= 11 is 0. The number of likely N-dealkylation sites (tertiary alicyclic amines) is 1. The van der Waals surface area contributed by atoms with Gasteiger partial charge in [-0.1, -0.05) is 0 Å². The van der Waals surface area contributed by atoms with Crippen molar-refractivity contribution in [3.8, 4) is 0 Å². The molecule has 20 heavy (non-hydrogen) atoms. The third-order valence-electron chi connectivity index (χ3n) is 3.39. The second-order valence-corrected chi connectivity index (χ2v) is 4.79. The van der Waals surface area contributed by atoms with Crippen LogP contribution < -0.4 is 5.32 Å². The summed E-state index contributed by atoms with van der Waals surface area (Å²) in [5, 5.41) is 11.8. The first-order chi connectivity index (χ1) is 9.51. The zero-order chi connectivity index (χ0) is 15.1. The number of aliphatic carboxylic acids is 1. The highest BCUT2D eigenvalue weighted by Crippen LogP contribution is 2.18. The first-order valence-corrected chi connectivity index (χ1v) is 7.06. The quantitative estimate of drug-likeness (QED) is 0.770. The van der Waals surface area contributed by atoms with Crippen molar-refractivity contribution in [1.29, 1.82) is 0 Å². The number of rotatable bonds is 5. The number of hydrogen-bond donors (Lipinski definition) is 2. The van der Waals surface area contributed by atoms with E-state index in [0.29, 0.717) is 26.1 Å². The van der Waals surface area contributed by atoms with Crippen molar-refractivity contribution < 1.29 is 19.5 Å². The van der Waals surface area contributed by atoms with Gasteiger partial charge in [-0.25, -0.2) is 9.59 Å². The van der Waals surface area contributed by atoms with E-state index in [1.165, 1.54) is 9.80 Å². The highest BCUT2D eigenvalue weighted by atomic mass is 16.4. The van der Waals surface area contributed by atoms with Gasteiger partial charge in [0, 0.05) is 19.6 Å². The lowest BCUT2D eigenvalue weighted by molar-refractivity contribution is -0.143. The fourth-order valence-corrected chi connectivity index (χ4v) is 2.34. The van der Waals surface area contributed by atoms with Crippen LogP contribution in [-0.2, 0) is 9.59 Å². The van der Waals surface area contributed by atoms with Crippen LogP contribution in [0.4, 0.5) is 4.79 Å². The van der Waals surface area contributed by atoms with Crippen molar-refractivity contribution in [1.82, 2.24) is 15.1 Å². The van der Waals surface area contributed by atoms with Crippen LogP contribution in [0.25, 0.3) is 0 Å². The summed E-state index contributed by atoms with van der Waals surface area (Å²) in [6.07, 6.45) is 2.08. The number of piperidine rings is 1. The second kappa shape index (κ2) is 7.72. The second-order valence-electron chi connectivity index (χ2n) is 4.79. The maximum atomic E-state index is 12.4. The summed E-state index contributed by atoms with van der Waals surface area (Å²) in [6.45, 7) is 4.86. The fourth-order valence-electron chi connectivity index (χ4n) is 2.34. The Kier molecular flexibility index (Phi) is 6.27. The Labute approximate surface area is 118 Å². The van der Waals surface area contributed by atoms with Gasteiger partial charge in [-0.2, -0.15) is 0 Å². The molecule has 1 aliphatic heterocycles. The van der Waals surface area contributed by atoms with Gasteiger partial charge in [-0.05, 0) is 33.1 Å². The topological polar surface area (TPSA) is 90.0 Å². The molecule has 0 radical (unpaired) electrons. The number of carbonyl (C=O) groups is 3. The van der Waals surface area contributed by atoms with E-state index < -0.39 is 12.0 Å². The SMILES string of the molecule is CCNC(=O)CN(CC)C(=O)N1CCCCC1C(=O)O. The number of hydrogen-bond acceptors (Lipinski definition) is 3. The van der Waals surface area contributed by atoms with Crippen LogP contribution in [0.5, 0.6) is 0 Å². The predicted molar refractivity (Wildman–Crippen MR) is 73.3 cm³/mol. The monoisotopic (exact) mass is 285 g/mol. The van der Waals surface area contributed by atoms with Crippen molar-refractivity contribution in [2.24, 2.45) is 0 Å². The van der Waals surface area contributed by atoms with E-state index in [4.69, 9.17) is 0 Å². The molecule has 1 fully saturated rings. The third-order valence-corrected chi connectivity index (χ3v) is 3.39. The summed E-state index contributed by atoms with van der Waals surface area (Å²) in [5.41, 5.74) is 0. The molecule has 3 amide bonds. The number of likely N-dealkylation sites (N-methyl/N-ethyl adjacent to an activating group) is 2. The molecule has 114 valence electrons. The van der Waals surface area contributed by atoms with Crippen molar-refractivity contribution >= 4 is 17.9 Å². The molecule has 7 nitrogen and oxygen atoms in total. The normalized spacial score (nSPS) is 18.5. The highest BCUT2D eigenvalue weighted by molar-refractivity contribution is 5.86. The Morgan fingerprint density at radius 3 is 2.55 bits per heavy atom. The summed E-state index contributed by atoms with van der Waals surface area (Å²) in [7, 11) is 0. The van der Waals surface area contributed by atoms with E-state index in [1.807, 2.05) is 0 Å². The maximum absolute atomic E-state index is 12.4. The van der Waals surface area contributed by atoms with E-state index in [9.17, 15) is 19.5 Å². The molecule has 1 saturated heterocycles. The highest BCUT2D eigenvalue weighted by Gasteiger charge is 2.34. The number of carboxylic acid groups (broad SMARTS) is 1. The predicted octanol–water partition coefficient (Wildman–Crippen LogP) is 0.504. The lowest BCUT2D eigenvalue weighted by atomic mass is 10.0. The number of urea groups is 1. The van der Waals surface area contributed by atoms with E-state index in [1.54, 1.807) is 13.8 Å². The van der Waals surface area contributed by atoms with Gasteiger partial charge >= 0.3 is 12.0 Å². The summed E-state index contributed by atoms with van der Waals surface area (Å²) < 4.78 is 0. The molecule has 1 rings (SSSR count). The zero-order valence-electron chi connectivity index (χ0n) is 12.1. The van der Waals surface area contributed by atoms with Crippen LogP contribution in [0, 0.1) is 0 Å². The Morgan fingerprint density at radius 1 is 1.30 bits per heavy atom. The third kappa shape index (κ3) is 4.11. The minimum atomic E-state index is -0.980. The minimum Gasteiger partial charge on any atom is -0.480 e. The van der Waals surface area contributed by atoms with Crippen LogP contribution in [0.15, 0.2) is 0 Å². The van der Waals surface area contributed by atoms with Gasteiger partial charge in [0.1, 0.15) is 12.6 Å². The Bertz CT molecular complexity index is 373. The minimum absolute atomic E-state index is 0.0357. The molecule has 0 bridgehead atoms.